The van der Waals surface area contributed by atoms with E-state index in [1.807, 2.05) is 29.0 Å². The molecule has 110 valence electrons. The maximum atomic E-state index is 11.2. The molecule has 0 unspecified atom stereocenters. The number of nitrogens with zero attached hydrogens (tertiary/aromatic N) is 3. The number of benzene rings is 1. The predicted molar refractivity (Wildman–Crippen MR) is 81.8 cm³/mol. The molecular weight excluding hydrogens is 266 g/mol. The van der Waals surface area contributed by atoms with E-state index in [9.17, 15) is 4.79 Å². The van der Waals surface area contributed by atoms with Gasteiger partial charge in [-0.3, -0.25) is 9.20 Å². The summed E-state index contributed by atoms with van der Waals surface area (Å²) < 4.78 is 3.93. The molecular formula is C16H19N3O2. The monoisotopic (exact) mass is 285 g/mol. The molecule has 5 nitrogen and oxygen atoms in total. The summed E-state index contributed by atoms with van der Waals surface area (Å²) in [5, 5.41) is 9.17. The van der Waals surface area contributed by atoms with Gasteiger partial charge < -0.3 is 9.67 Å². The van der Waals surface area contributed by atoms with Crippen molar-refractivity contribution in [2.45, 2.75) is 33.1 Å². The standard InChI is InChI=1S/C16H19N3O2/c1-9(2)11-5-6-12-14(7-11)19-13(8-15(20)21)10(3)18(4)16(19)17-12/h5-7,9H,8H2,1-4H3,(H,20,21). The van der Waals surface area contributed by atoms with Crippen LogP contribution in [0.25, 0.3) is 16.8 Å². The van der Waals surface area contributed by atoms with E-state index in [-0.39, 0.29) is 6.42 Å². The summed E-state index contributed by atoms with van der Waals surface area (Å²) in [5.74, 6) is 0.389. The Morgan fingerprint density at radius 2 is 2.10 bits per heavy atom. The molecule has 0 fully saturated rings. The van der Waals surface area contributed by atoms with Crippen LogP contribution in [0, 0.1) is 6.92 Å². The van der Waals surface area contributed by atoms with Gasteiger partial charge in [-0.1, -0.05) is 19.9 Å². The van der Waals surface area contributed by atoms with Crippen molar-refractivity contribution in [2.75, 3.05) is 0 Å². The fourth-order valence-corrected chi connectivity index (χ4v) is 2.79. The van der Waals surface area contributed by atoms with Crippen LogP contribution in [0.1, 0.15) is 36.7 Å². The first-order chi connectivity index (χ1) is 9.90. The van der Waals surface area contributed by atoms with E-state index in [2.05, 4.69) is 31.0 Å². The zero-order chi connectivity index (χ0) is 15.3. The number of imidazole rings is 2. The summed E-state index contributed by atoms with van der Waals surface area (Å²) >= 11 is 0. The lowest BCUT2D eigenvalue weighted by Crippen LogP contribution is -2.05. The number of hydrogen-bond acceptors (Lipinski definition) is 2. The minimum absolute atomic E-state index is 0.000535. The van der Waals surface area contributed by atoms with Gasteiger partial charge in [0.25, 0.3) is 0 Å². The first-order valence-electron chi connectivity index (χ1n) is 7.08. The molecule has 0 aliphatic carbocycles. The fourth-order valence-electron chi connectivity index (χ4n) is 2.79. The molecule has 0 radical (unpaired) electrons. The van der Waals surface area contributed by atoms with E-state index < -0.39 is 5.97 Å². The topological polar surface area (TPSA) is 59.5 Å². The molecule has 1 N–H and O–H groups in total. The number of rotatable bonds is 3. The maximum absolute atomic E-state index is 11.2. The quantitative estimate of drug-likeness (QED) is 0.805. The van der Waals surface area contributed by atoms with Gasteiger partial charge >= 0.3 is 5.97 Å². The van der Waals surface area contributed by atoms with Crippen molar-refractivity contribution in [3.05, 3.63) is 35.2 Å². The number of hydrogen-bond donors (Lipinski definition) is 1. The Bertz CT molecular complexity index is 856. The highest BCUT2D eigenvalue weighted by Gasteiger charge is 2.19. The molecule has 3 rings (SSSR count). The normalized spacial score (nSPS) is 11.9. The highest BCUT2D eigenvalue weighted by Crippen LogP contribution is 2.26. The van der Waals surface area contributed by atoms with Crippen molar-refractivity contribution in [1.82, 2.24) is 14.0 Å². The van der Waals surface area contributed by atoms with Gasteiger partial charge in [0, 0.05) is 12.7 Å². The number of aliphatic carboxylic acids is 1. The predicted octanol–water partition coefficient (Wildman–Crippen LogP) is 2.88. The highest BCUT2D eigenvalue weighted by atomic mass is 16.4. The average Bonchev–Trinajstić information content (AvgIpc) is 2.89. The molecule has 5 heteroatoms. The summed E-state index contributed by atoms with van der Waals surface area (Å²) in [7, 11) is 1.92. The van der Waals surface area contributed by atoms with Crippen LogP contribution < -0.4 is 0 Å². The minimum Gasteiger partial charge on any atom is -0.481 e. The van der Waals surface area contributed by atoms with Gasteiger partial charge in [-0.05, 0) is 30.5 Å². The van der Waals surface area contributed by atoms with Crippen LogP contribution in [0.2, 0.25) is 0 Å². The van der Waals surface area contributed by atoms with Crippen molar-refractivity contribution in [2.24, 2.45) is 7.05 Å². The summed E-state index contributed by atoms with van der Waals surface area (Å²) in [4.78, 5) is 15.8. The van der Waals surface area contributed by atoms with E-state index >= 15 is 0 Å². The van der Waals surface area contributed by atoms with Crippen LogP contribution >= 0.6 is 0 Å². The summed E-state index contributed by atoms with van der Waals surface area (Å²) in [5.41, 5.74) is 4.85. The average molecular weight is 285 g/mol. The number of carbonyl (C=O) groups is 1. The lowest BCUT2D eigenvalue weighted by molar-refractivity contribution is -0.136. The third kappa shape index (κ3) is 2.00. The maximum Gasteiger partial charge on any atom is 0.309 e. The Balaban J connectivity index is 2.39. The van der Waals surface area contributed by atoms with E-state index in [1.165, 1.54) is 5.56 Å². The van der Waals surface area contributed by atoms with Crippen molar-refractivity contribution >= 4 is 22.8 Å². The fraction of sp³-hybridized carbons (Fsp3) is 0.375. The van der Waals surface area contributed by atoms with Gasteiger partial charge in [0.2, 0.25) is 5.78 Å². The van der Waals surface area contributed by atoms with Crippen molar-refractivity contribution < 1.29 is 9.90 Å². The van der Waals surface area contributed by atoms with Crippen molar-refractivity contribution in [3.8, 4) is 0 Å². The Kier molecular flexibility index (Phi) is 3.01. The smallest absolute Gasteiger partial charge is 0.309 e. The van der Waals surface area contributed by atoms with E-state index in [0.717, 1.165) is 28.2 Å². The van der Waals surface area contributed by atoms with Crippen LogP contribution in [0.4, 0.5) is 0 Å². The highest BCUT2D eigenvalue weighted by molar-refractivity contribution is 5.82. The molecule has 0 aliphatic rings. The lowest BCUT2D eigenvalue weighted by atomic mass is 10.0. The summed E-state index contributed by atoms with van der Waals surface area (Å²) in [6.45, 7) is 6.23. The van der Waals surface area contributed by atoms with Gasteiger partial charge in [-0.15, -0.1) is 0 Å². The van der Waals surface area contributed by atoms with Crippen LogP contribution in [0.5, 0.6) is 0 Å². The van der Waals surface area contributed by atoms with Gasteiger partial charge in [-0.25, -0.2) is 4.98 Å². The van der Waals surface area contributed by atoms with E-state index in [4.69, 9.17) is 5.11 Å². The van der Waals surface area contributed by atoms with Crippen LogP contribution in [-0.4, -0.2) is 25.0 Å². The van der Waals surface area contributed by atoms with Gasteiger partial charge in [0.1, 0.15) is 0 Å². The summed E-state index contributed by atoms with van der Waals surface area (Å²) in [6.07, 6.45) is 0.000535. The Morgan fingerprint density at radius 3 is 2.71 bits per heavy atom. The molecule has 0 spiro atoms. The number of fused-ring (bicyclic) bond motifs is 3. The number of aryl methyl sites for hydroxylation is 1. The zero-order valence-corrected chi connectivity index (χ0v) is 12.7. The lowest BCUT2D eigenvalue weighted by Gasteiger charge is -2.05. The molecule has 2 aromatic heterocycles. The molecule has 2 heterocycles. The van der Waals surface area contributed by atoms with Gasteiger partial charge in [0.05, 0.1) is 23.1 Å². The van der Waals surface area contributed by atoms with Crippen LogP contribution in [0.15, 0.2) is 18.2 Å². The largest absolute Gasteiger partial charge is 0.481 e. The SMILES string of the molecule is Cc1c(CC(=O)O)n2c3cc(C(C)C)ccc3nc2n1C. The van der Waals surface area contributed by atoms with Gasteiger partial charge in [-0.2, -0.15) is 0 Å². The van der Waals surface area contributed by atoms with Crippen molar-refractivity contribution in [3.63, 3.8) is 0 Å². The Morgan fingerprint density at radius 1 is 1.38 bits per heavy atom. The second-order valence-corrected chi connectivity index (χ2v) is 5.81. The molecule has 1 aromatic carbocycles. The molecule has 0 aliphatic heterocycles. The molecule has 0 atom stereocenters. The summed E-state index contributed by atoms with van der Waals surface area (Å²) in [6, 6.07) is 6.21. The second kappa shape index (κ2) is 4.62. The third-order valence-electron chi connectivity index (χ3n) is 4.14. The number of carboxylic acids is 1. The molecule has 0 bridgehead atoms. The van der Waals surface area contributed by atoms with Crippen LogP contribution in [-0.2, 0) is 18.3 Å². The molecule has 0 saturated carbocycles. The number of carboxylic acid groups (broad SMARTS) is 1. The molecule has 21 heavy (non-hydrogen) atoms. The Hall–Kier alpha value is -2.30. The minimum atomic E-state index is -0.826. The molecule has 0 amide bonds. The number of aromatic nitrogens is 3. The Labute approximate surface area is 122 Å². The molecule has 0 saturated heterocycles. The van der Waals surface area contributed by atoms with Crippen LogP contribution in [0.3, 0.4) is 0 Å². The van der Waals surface area contributed by atoms with E-state index in [0.29, 0.717) is 5.92 Å². The second-order valence-electron chi connectivity index (χ2n) is 5.81. The third-order valence-corrected chi connectivity index (χ3v) is 4.14. The van der Waals surface area contributed by atoms with Crippen molar-refractivity contribution in [1.29, 1.82) is 0 Å². The van der Waals surface area contributed by atoms with Gasteiger partial charge in [0.15, 0.2) is 0 Å². The zero-order valence-electron chi connectivity index (χ0n) is 12.7. The first-order valence-corrected chi connectivity index (χ1v) is 7.08. The first kappa shape index (κ1) is 13.7. The van der Waals surface area contributed by atoms with E-state index in [1.54, 1.807) is 0 Å². The molecule has 3 aromatic rings.